The Hall–Kier alpha value is -1.19. The normalized spacial score (nSPS) is 28.1. The zero-order valence-electron chi connectivity index (χ0n) is 12.0. The van der Waals surface area contributed by atoms with Crippen LogP contribution in [-0.2, 0) is 17.0 Å². The van der Waals surface area contributed by atoms with E-state index in [2.05, 4.69) is 15.9 Å². The summed E-state index contributed by atoms with van der Waals surface area (Å²) >= 11 is 3.40. The van der Waals surface area contributed by atoms with Crippen LogP contribution in [0.3, 0.4) is 0 Å². The summed E-state index contributed by atoms with van der Waals surface area (Å²) in [5.41, 5.74) is 0.206. The number of halogens is 2. The van der Waals surface area contributed by atoms with Gasteiger partial charge in [0.05, 0.1) is 12.2 Å². The van der Waals surface area contributed by atoms with E-state index in [9.17, 15) is 4.39 Å². The van der Waals surface area contributed by atoms with Crippen LogP contribution in [0, 0.1) is 0 Å². The molecule has 1 aliphatic rings. The fraction of sp³-hybridized carbons (Fsp3) is 0.333. The number of ether oxygens (including phenoxy) is 1. The lowest BCUT2D eigenvalue weighted by molar-refractivity contribution is -0.177. The minimum atomic E-state index is -1.27. The Bertz CT molecular complexity index is 620. The summed E-state index contributed by atoms with van der Waals surface area (Å²) in [6.45, 7) is 2.53. The molecule has 21 heavy (non-hydrogen) atoms. The highest BCUT2D eigenvalue weighted by molar-refractivity contribution is 9.10. The number of alkyl halides is 1. The molecule has 0 N–H and O–H groups in total. The van der Waals surface area contributed by atoms with Crippen LogP contribution < -0.4 is 0 Å². The van der Waals surface area contributed by atoms with Crippen molar-refractivity contribution in [1.82, 2.24) is 0 Å². The Labute approximate surface area is 133 Å². The molecule has 3 heteroatoms. The van der Waals surface area contributed by atoms with Crippen LogP contribution in [0.25, 0.3) is 0 Å². The SMILES string of the molecule is C[C@]1(OCc2ccccc2)C[C@](F)(c2cccc(Br)c2)C1. The lowest BCUT2D eigenvalue weighted by atomic mass is 9.66. The summed E-state index contributed by atoms with van der Waals surface area (Å²) in [5, 5.41) is 0. The smallest absolute Gasteiger partial charge is 0.141 e. The average molecular weight is 349 g/mol. The van der Waals surface area contributed by atoms with Gasteiger partial charge in [0.2, 0.25) is 0 Å². The first-order valence-electron chi connectivity index (χ1n) is 7.12. The van der Waals surface area contributed by atoms with E-state index >= 15 is 0 Å². The molecule has 0 spiro atoms. The van der Waals surface area contributed by atoms with Gasteiger partial charge in [0.15, 0.2) is 0 Å². The Morgan fingerprint density at radius 2 is 1.81 bits per heavy atom. The number of rotatable bonds is 4. The highest BCUT2D eigenvalue weighted by Gasteiger charge is 2.54. The van der Waals surface area contributed by atoms with Gasteiger partial charge in [0.1, 0.15) is 5.67 Å². The van der Waals surface area contributed by atoms with Gasteiger partial charge >= 0.3 is 0 Å². The zero-order chi connectivity index (χ0) is 14.9. The van der Waals surface area contributed by atoms with Crippen molar-refractivity contribution in [3.05, 3.63) is 70.2 Å². The Kier molecular flexibility index (Phi) is 3.89. The van der Waals surface area contributed by atoms with Crippen molar-refractivity contribution >= 4 is 15.9 Å². The van der Waals surface area contributed by atoms with Gasteiger partial charge in [-0.3, -0.25) is 0 Å². The van der Waals surface area contributed by atoms with Crippen molar-refractivity contribution in [2.75, 3.05) is 0 Å². The third-order valence-corrected chi connectivity index (χ3v) is 4.57. The van der Waals surface area contributed by atoms with Crippen LogP contribution in [-0.4, -0.2) is 5.60 Å². The van der Waals surface area contributed by atoms with Crippen LogP contribution >= 0.6 is 15.9 Å². The van der Waals surface area contributed by atoms with Crippen LogP contribution in [0.5, 0.6) is 0 Å². The van der Waals surface area contributed by atoms with Crippen molar-refractivity contribution in [3.8, 4) is 0 Å². The van der Waals surface area contributed by atoms with Crippen LogP contribution in [0.15, 0.2) is 59.1 Å². The molecule has 1 saturated carbocycles. The van der Waals surface area contributed by atoms with E-state index in [1.165, 1.54) is 0 Å². The molecule has 110 valence electrons. The molecule has 0 aliphatic heterocycles. The van der Waals surface area contributed by atoms with Crippen molar-refractivity contribution in [2.24, 2.45) is 0 Å². The highest BCUT2D eigenvalue weighted by Crippen LogP contribution is 2.53. The summed E-state index contributed by atoms with van der Waals surface area (Å²) in [7, 11) is 0. The Morgan fingerprint density at radius 3 is 2.48 bits per heavy atom. The maximum atomic E-state index is 14.9. The van der Waals surface area contributed by atoms with Crippen molar-refractivity contribution in [1.29, 1.82) is 0 Å². The second-order valence-corrected chi connectivity index (χ2v) is 6.97. The van der Waals surface area contributed by atoms with Crippen molar-refractivity contribution in [3.63, 3.8) is 0 Å². The van der Waals surface area contributed by atoms with E-state index in [1.54, 1.807) is 0 Å². The number of benzene rings is 2. The van der Waals surface area contributed by atoms with Gasteiger partial charge in [-0.2, -0.15) is 0 Å². The fourth-order valence-corrected chi connectivity index (χ4v) is 3.44. The molecule has 0 unspecified atom stereocenters. The molecule has 0 bridgehead atoms. The van der Waals surface area contributed by atoms with Gasteiger partial charge in [-0.25, -0.2) is 4.39 Å². The summed E-state index contributed by atoms with van der Waals surface area (Å²) in [5.74, 6) is 0. The van der Waals surface area contributed by atoms with Crippen LogP contribution in [0.4, 0.5) is 4.39 Å². The van der Waals surface area contributed by atoms with Gasteiger partial charge in [-0.05, 0) is 30.2 Å². The van der Waals surface area contributed by atoms with E-state index in [-0.39, 0.29) is 5.60 Å². The minimum Gasteiger partial charge on any atom is -0.370 e. The maximum absolute atomic E-state index is 14.9. The second kappa shape index (κ2) is 5.54. The lowest BCUT2D eigenvalue weighted by Crippen LogP contribution is -2.51. The first kappa shape index (κ1) is 14.7. The van der Waals surface area contributed by atoms with E-state index in [0.717, 1.165) is 15.6 Å². The third kappa shape index (κ3) is 3.19. The largest absolute Gasteiger partial charge is 0.370 e. The van der Waals surface area contributed by atoms with E-state index < -0.39 is 5.67 Å². The molecule has 0 aromatic heterocycles. The standard InChI is InChI=1S/C18H18BrFO/c1-17(21-11-14-6-3-2-4-7-14)12-18(20,13-17)15-8-5-9-16(19)10-15/h2-10H,11-13H2,1H3/t17-,18+. The van der Waals surface area contributed by atoms with Gasteiger partial charge in [-0.15, -0.1) is 0 Å². The van der Waals surface area contributed by atoms with E-state index in [1.807, 2.05) is 61.5 Å². The summed E-state index contributed by atoms with van der Waals surface area (Å²) in [6, 6.07) is 17.5. The van der Waals surface area contributed by atoms with Crippen LogP contribution in [0.2, 0.25) is 0 Å². The topological polar surface area (TPSA) is 9.23 Å². The molecule has 0 amide bonds. The first-order valence-corrected chi connectivity index (χ1v) is 7.91. The molecule has 1 nitrogen and oxygen atoms in total. The van der Waals surface area contributed by atoms with E-state index in [4.69, 9.17) is 4.74 Å². The first-order chi connectivity index (χ1) is 9.99. The number of hydrogen-bond acceptors (Lipinski definition) is 1. The molecular formula is C18H18BrFO. The molecule has 3 rings (SSSR count). The maximum Gasteiger partial charge on any atom is 0.141 e. The molecule has 0 radical (unpaired) electrons. The third-order valence-electron chi connectivity index (χ3n) is 4.08. The van der Waals surface area contributed by atoms with Crippen molar-refractivity contribution in [2.45, 2.75) is 37.6 Å². The predicted octanol–water partition coefficient (Wildman–Crippen LogP) is 5.38. The average Bonchev–Trinajstić information content (AvgIpc) is 2.45. The Morgan fingerprint density at radius 1 is 1.10 bits per heavy atom. The van der Waals surface area contributed by atoms with E-state index in [0.29, 0.717) is 19.4 Å². The molecular weight excluding hydrogens is 331 g/mol. The second-order valence-electron chi connectivity index (χ2n) is 6.05. The Balaban J connectivity index is 1.63. The molecule has 0 heterocycles. The molecule has 0 atom stereocenters. The molecule has 2 aromatic carbocycles. The monoisotopic (exact) mass is 348 g/mol. The molecule has 1 aliphatic carbocycles. The number of hydrogen-bond donors (Lipinski definition) is 0. The zero-order valence-corrected chi connectivity index (χ0v) is 13.6. The molecule has 1 fully saturated rings. The van der Waals surface area contributed by atoms with Crippen molar-refractivity contribution < 1.29 is 9.13 Å². The summed E-state index contributed by atoms with van der Waals surface area (Å²) in [6.07, 6.45) is 0.812. The van der Waals surface area contributed by atoms with Gasteiger partial charge < -0.3 is 4.74 Å². The van der Waals surface area contributed by atoms with Gasteiger partial charge in [0, 0.05) is 17.3 Å². The summed E-state index contributed by atoms with van der Waals surface area (Å²) < 4.78 is 21.8. The summed E-state index contributed by atoms with van der Waals surface area (Å²) in [4.78, 5) is 0. The van der Waals surface area contributed by atoms with Gasteiger partial charge in [-0.1, -0.05) is 58.4 Å². The predicted molar refractivity (Wildman–Crippen MR) is 85.8 cm³/mol. The van der Waals surface area contributed by atoms with Gasteiger partial charge in [0.25, 0.3) is 0 Å². The highest BCUT2D eigenvalue weighted by atomic mass is 79.9. The fourth-order valence-electron chi connectivity index (χ4n) is 3.04. The molecule has 0 saturated heterocycles. The quantitative estimate of drug-likeness (QED) is 0.720. The lowest BCUT2D eigenvalue weighted by Gasteiger charge is -2.49. The minimum absolute atomic E-state index is 0.382. The molecule has 2 aromatic rings. The van der Waals surface area contributed by atoms with Crippen LogP contribution in [0.1, 0.15) is 30.9 Å².